The fraction of sp³-hybridized carbons (Fsp3) is 0.350. The molecular weight excluding hydrogens is 380 g/mol. The highest BCUT2D eigenvalue weighted by molar-refractivity contribution is 7.13. The molecule has 0 fully saturated rings. The average molecular weight is 402 g/mol. The number of nitrogens with one attached hydrogen (secondary N) is 1. The van der Waals surface area contributed by atoms with Crippen LogP contribution in [-0.2, 0) is 11.3 Å². The van der Waals surface area contributed by atoms with Crippen molar-refractivity contribution in [1.82, 2.24) is 4.98 Å². The van der Waals surface area contributed by atoms with E-state index in [1.807, 2.05) is 0 Å². The fourth-order valence-electron chi connectivity index (χ4n) is 2.59. The Balaban J connectivity index is 1.68. The number of carbonyl (C=O) groups is 1. The maximum Gasteiger partial charge on any atom is 0.358 e. The van der Waals surface area contributed by atoms with Crippen molar-refractivity contribution in [3.8, 4) is 5.75 Å². The van der Waals surface area contributed by atoms with Crippen molar-refractivity contribution in [1.29, 1.82) is 0 Å². The molecule has 0 atom stereocenters. The topological polar surface area (TPSA) is 90.7 Å². The number of carbonyl (C=O) groups excluding carboxylic acids is 1. The zero-order chi connectivity index (χ0) is 20.1. The van der Waals surface area contributed by atoms with E-state index in [1.165, 1.54) is 24.5 Å². The Morgan fingerprint density at radius 1 is 1.32 bits per heavy atom. The summed E-state index contributed by atoms with van der Waals surface area (Å²) >= 11 is 1.36. The van der Waals surface area contributed by atoms with Gasteiger partial charge in [0.1, 0.15) is 17.9 Å². The van der Waals surface area contributed by atoms with Crippen LogP contribution in [0, 0.1) is 5.92 Å². The normalized spacial score (nSPS) is 11.0. The van der Waals surface area contributed by atoms with Crippen LogP contribution in [0.1, 0.15) is 36.3 Å². The molecule has 0 aliphatic heterocycles. The number of thiazole rings is 1. The highest BCUT2D eigenvalue weighted by atomic mass is 32.1. The number of methoxy groups -OCH3 is 1. The molecule has 0 amide bonds. The van der Waals surface area contributed by atoms with Gasteiger partial charge in [0.05, 0.1) is 7.11 Å². The maximum absolute atomic E-state index is 12.3. The molecule has 3 aromatic rings. The number of hydrogen-bond donors (Lipinski definition) is 1. The van der Waals surface area contributed by atoms with Crippen molar-refractivity contribution < 1.29 is 18.7 Å². The first-order valence-electron chi connectivity index (χ1n) is 8.93. The second-order valence-electron chi connectivity index (χ2n) is 6.68. The third kappa shape index (κ3) is 4.89. The Kier molecular flexibility index (Phi) is 6.30. The predicted molar refractivity (Wildman–Crippen MR) is 108 cm³/mol. The Morgan fingerprint density at radius 3 is 2.89 bits per heavy atom. The van der Waals surface area contributed by atoms with Crippen LogP contribution < -0.4 is 15.7 Å². The molecule has 28 heavy (non-hydrogen) atoms. The lowest BCUT2D eigenvalue weighted by Gasteiger charge is -2.07. The van der Waals surface area contributed by atoms with Crippen LogP contribution in [0.3, 0.4) is 0 Å². The zero-order valence-corrected chi connectivity index (χ0v) is 16.8. The van der Waals surface area contributed by atoms with Crippen LogP contribution in [0.4, 0.5) is 5.13 Å². The molecule has 0 saturated heterocycles. The first-order chi connectivity index (χ1) is 13.5. The molecule has 0 bridgehead atoms. The van der Waals surface area contributed by atoms with Crippen LogP contribution in [0.2, 0.25) is 0 Å². The maximum atomic E-state index is 12.3. The van der Waals surface area contributed by atoms with Crippen LogP contribution in [0.25, 0.3) is 11.0 Å². The fourth-order valence-corrected chi connectivity index (χ4v) is 3.30. The Hall–Kier alpha value is -2.87. The van der Waals surface area contributed by atoms with Gasteiger partial charge in [-0.1, -0.05) is 13.8 Å². The lowest BCUT2D eigenvalue weighted by Crippen LogP contribution is -2.09. The van der Waals surface area contributed by atoms with Gasteiger partial charge in [0.15, 0.2) is 10.8 Å². The van der Waals surface area contributed by atoms with Crippen LogP contribution in [0.15, 0.2) is 38.9 Å². The van der Waals surface area contributed by atoms with Gasteiger partial charge in [-0.25, -0.2) is 14.6 Å². The van der Waals surface area contributed by atoms with Gasteiger partial charge in [0.2, 0.25) is 0 Å². The summed E-state index contributed by atoms with van der Waals surface area (Å²) in [5.41, 5.74) is 0.666. The Morgan fingerprint density at radius 2 is 2.14 bits per heavy atom. The molecule has 0 aliphatic rings. The van der Waals surface area contributed by atoms with Gasteiger partial charge < -0.3 is 19.2 Å². The monoisotopic (exact) mass is 402 g/mol. The Labute approximate surface area is 166 Å². The summed E-state index contributed by atoms with van der Waals surface area (Å²) in [6.45, 7) is 5.04. The van der Waals surface area contributed by atoms with E-state index in [0.29, 0.717) is 33.3 Å². The predicted octanol–water partition coefficient (Wildman–Crippen LogP) is 4.07. The highest BCUT2D eigenvalue weighted by Gasteiger charge is 2.14. The van der Waals surface area contributed by atoms with E-state index >= 15 is 0 Å². The molecule has 2 aromatic heterocycles. The summed E-state index contributed by atoms with van der Waals surface area (Å²) in [4.78, 5) is 28.4. The van der Waals surface area contributed by atoms with E-state index < -0.39 is 11.6 Å². The number of fused-ring (bicyclic) bond motifs is 1. The molecule has 148 valence electrons. The number of esters is 1. The smallest absolute Gasteiger partial charge is 0.358 e. The zero-order valence-electron chi connectivity index (χ0n) is 16.0. The summed E-state index contributed by atoms with van der Waals surface area (Å²) in [6, 6.07) is 6.46. The van der Waals surface area contributed by atoms with Gasteiger partial charge in [0, 0.05) is 35.0 Å². The molecule has 8 heteroatoms. The summed E-state index contributed by atoms with van der Waals surface area (Å²) < 4.78 is 15.7. The van der Waals surface area contributed by atoms with Crippen molar-refractivity contribution in [2.75, 3.05) is 19.0 Å². The number of hydrogen-bond acceptors (Lipinski definition) is 8. The minimum atomic E-state index is -0.539. The first-order valence-corrected chi connectivity index (χ1v) is 9.81. The van der Waals surface area contributed by atoms with Crippen LogP contribution in [-0.4, -0.2) is 24.6 Å². The molecule has 1 aromatic carbocycles. The lowest BCUT2D eigenvalue weighted by molar-refractivity contribution is 0.0468. The third-order valence-corrected chi connectivity index (χ3v) is 4.91. The average Bonchev–Trinajstić information content (AvgIpc) is 3.13. The van der Waals surface area contributed by atoms with Crippen molar-refractivity contribution in [3.63, 3.8) is 0 Å². The first kappa shape index (κ1) is 19.9. The van der Waals surface area contributed by atoms with Gasteiger partial charge in [-0.05, 0) is 24.5 Å². The number of rotatable bonds is 8. The van der Waals surface area contributed by atoms with Crippen molar-refractivity contribution in [2.24, 2.45) is 5.92 Å². The van der Waals surface area contributed by atoms with Crippen molar-refractivity contribution >= 4 is 33.4 Å². The van der Waals surface area contributed by atoms with Crippen molar-refractivity contribution in [3.05, 3.63) is 51.3 Å². The van der Waals surface area contributed by atoms with Gasteiger partial charge in [0.25, 0.3) is 0 Å². The Bertz CT molecular complexity index is 1020. The van der Waals surface area contributed by atoms with E-state index in [2.05, 4.69) is 24.1 Å². The molecule has 1 N–H and O–H groups in total. The second-order valence-corrected chi connectivity index (χ2v) is 7.53. The third-order valence-electron chi connectivity index (χ3n) is 4.11. The SMILES string of the molecule is COc1ccc2c(COC(=O)c3csc(NCCC(C)C)n3)cc(=O)oc2c1. The lowest BCUT2D eigenvalue weighted by atomic mass is 10.1. The second kappa shape index (κ2) is 8.88. The van der Waals surface area contributed by atoms with Crippen molar-refractivity contribution in [2.45, 2.75) is 26.9 Å². The number of benzene rings is 1. The number of aromatic nitrogens is 1. The van der Waals surface area contributed by atoms with Crippen LogP contribution in [0.5, 0.6) is 5.75 Å². The number of nitrogens with zero attached hydrogens (tertiary/aromatic N) is 1. The van der Waals surface area contributed by atoms with E-state index in [4.69, 9.17) is 13.9 Å². The molecule has 0 spiro atoms. The molecule has 0 unspecified atom stereocenters. The van der Waals surface area contributed by atoms with E-state index in [9.17, 15) is 9.59 Å². The summed E-state index contributed by atoms with van der Waals surface area (Å²) in [6.07, 6.45) is 1.02. The van der Waals surface area contributed by atoms with E-state index in [0.717, 1.165) is 13.0 Å². The molecule has 0 aliphatic carbocycles. The standard InChI is InChI=1S/C20H22N2O5S/c1-12(2)6-7-21-20-22-16(11-28-20)19(24)26-10-13-8-18(23)27-17-9-14(25-3)4-5-15(13)17/h4-5,8-9,11-12H,6-7,10H2,1-3H3,(H,21,22). The van der Waals surface area contributed by atoms with E-state index in [1.54, 1.807) is 23.6 Å². The quantitative estimate of drug-likeness (QED) is 0.448. The largest absolute Gasteiger partial charge is 0.497 e. The molecule has 0 saturated carbocycles. The molecule has 3 rings (SSSR count). The summed E-state index contributed by atoms with van der Waals surface area (Å²) in [5.74, 6) is 0.628. The van der Waals surface area contributed by atoms with Gasteiger partial charge in [-0.3, -0.25) is 0 Å². The number of ether oxygens (including phenoxy) is 2. The van der Waals surface area contributed by atoms with E-state index in [-0.39, 0.29) is 12.3 Å². The molecular formula is C20H22N2O5S. The molecule has 0 radical (unpaired) electrons. The summed E-state index contributed by atoms with van der Waals surface area (Å²) in [7, 11) is 1.53. The van der Waals surface area contributed by atoms with Gasteiger partial charge in [-0.2, -0.15) is 0 Å². The van der Waals surface area contributed by atoms with Crippen LogP contribution >= 0.6 is 11.3 Å². The summed E-state index contributed by atoms with van der Waals surface area (Å²) in [5, 5.41) is 6.23. The minimum absolute atomic E-state index is 0.0547. The highest BCUT2D eigenvalue weighted by Crippen LogP contribution is 2.23. The molecule has 7 nitrogen and oxygen atoms in total. The molecule has 2 heterocycles. The van der Waals surface area contributed by atoms with Gasteiger partial charge in [-0.15, -0.1) is 11.3 Å². The number of anilines is 1. The minimum Gasteiger partial charge on any atom is -0.497 e. The van der Waals surface area contributed by atoms with Gasteiger partial charge >= 0.3 is 11.6 Å².